The second-order valence-electron chi connectivity index (χ2n) is 6.32. The lowest BCUT2D eigenvalue weighted by Crippen LogP contribution is -2.28. The molecule has 0 aromatic heterocycles. The van der Waals surface area contributed by atoms with E-state index in [1.54, 1.807) is 31.2 Å². The summed E-state index contributed by atoms with van der Waals surface area (Å²) in [5.74, 6) is -1.12. The molecule has 1 saturated carbocycles. The second-order valence-corrected chi connectivity index (χ2v) is 6.32. The first-order chi connectivity index (χ1) is 11.8. The molecule has 0 bridgehead atoms. The molecule has 0 radical (unpaired) electrons. The Bertz CT molecular complexity index is 787. The fraction of sp³-hybridized carbons (Fsp3) is 0.316. The van der Waals surface area contributed by atoms with E-state index in [-0.39, 0.29) is 23.6 Å². The van der Waals surface area contributed by atoms with Crippen LogP contribution in [0.2, 0.25) is 0 Å². The van der Waals surface area contributed by atoms with Crippen LogP contribution >= 0.6 is 0 Å². The number of halogens is 4. The average molecular weight is 351 g/mol. The van der Waals surface area contributed by atoms with Gasteiger partial charge in [-0.05, 0) is 48.6 Å². The molecular weight excluding hydrogens is 334 g/mol. The van der Waals surface area contributed by atoms with Gasteiger partial charge in [0.25, 0.3) is 0 Å². The van der Waals surface area contributed by atoms with Crippen LogP contribution in [0.25, 0.3) is 0 Å². The number of hydrogen-bond acceptors (Lipinski definition) is 1. The molecule has 1 aliphatic rings. The highest BCUT2D eigenvalue weighted by molar-refractivity contribution is 5.83. The lowest BCUT2D eigenvalue weighted by Gasteiger charge is -2.16. The maximum atomic E-state index is 13.8. The van der Waals surface area contributed by atoms with Crippen LogP contribution in [0.3, 0.4) is 0 Å². The standard InChI is InChI=1S/C19H17F4NO/c1-11(12-5-4-6-13(9-12)19(21,22)23)24-18(25)16-10-15(16)14-7-2-3-8-17(14)20/h2-9,11,15-16H,10H2,1H3,(H,24,25). The Kier molecular flexibility index (Phi) is 4.54. The summed E-state index contributed by atoms with van der Waals surface area (Å²) in [6, 6.07) is 10.7. The third kappa shape index (κ3) is 3.83. The molecule has 0 saturated heterocycles. The topological polar surface area (TPSA) is 29.1 Å². The maximum Gasteiger partial charge on any atom is 0.416 e. The van der Waals surface area contributed by atoms with Crippen molar-refractivity contribution in [3.05, 3.63) is 71.0 Å². The number of alkyl halides is 3. The first-order valence-corrected chi connectivity index (χ1v) is 7.99. The Morgan fingerprint density at radius 1 is 1.16 bits per heavy atom. The normalized spacial score (nSPS) is 20.8. The number of amides is 1. The van der Waals surface area contributed by atoms with Gasteiger partial charge < -0.3 is 5.32 Å². The summed E-state index contributed by atoms with van der Waals surface area (Å²) >= 11 is 0. The average Bonchev–Trinajstić information content (AvgIpc) is 3.35. The Hall–Kier alpha value is -2.37. The molecule has 0 aliphatic heterocycles. The van der Waals surface area contributed by atoms with Gasteiger partial charge >= 0.3 is 6.18 Å². The smallest absolute Gasteiger partial charge is 0.349 e. The van der Waals surface area contributed by atoms with Gasteiger partial charge in [0.1, 0.15) is 5.82 Å². The molecule has 0 heterocycles. The zero-order valence-electron chi connectivity index (χ0n) is 13.5. The van der Waals surface area contributed by atoms with E-state index in [1.807, 2.05) is 0 Å². The summed E-state index contributed by atoms with van der Waals surface area (Å²) in [5.41, 5.74) is 0.141. The Morgan fingerprint density at radius 2 is 1.88 bits per heavy atom. The second kappa shape index (κ2) is 6.50. The third-order valence-electron chi connectivity index (χ3n) is 4.50. The first-order valence-electron chi connectivity index (χ1n) is 7.99. The summed E-state index contributed by atoms with van der Waals surface area (Å²) in [5, 5.41) is 2.73. The SMILES string of the molecule is CC(NC(=O)C1CC1c1ccccc1F)c1cccc(C(F)(F)F)c1. The predicted molar refractivity (Wildman–Crippen MR) is 85.2 cm³/mol. The van der Waals surface area contributed by atoms with Crippen molar-refractivity contribution in [2.45, 2.75) is 31.5 Å². The van der Waals surface area contributed by atoms with Crippen LogP contribution in [0.4, 0.5) is 17.6 Å². The molecular formula is C19H17F4NO. The molecule has 3 rings (SSSR count). The van der Waals surface area contributed by atoms with Crippen LogP contribution in [0.1, 0.15) is 42.0 Å². The van der Waals surface area contributed by atoms with Gasteiger partial charge in [0.2, 0.25) is 5.91 Å². The molecule has 2 aromatic carbocycles. The van der Waals surface area contributed by atoms with Crippen LogP contribution in [-0.4, -0.2) is 5.91 Å². The number of carbonyl (C=O) groups excluding carboxylic acids is 1. The van der Waals surface area contributed by atoms with Gasteiger partial charge in [0.15, 0.2) is 0 Å². The van der Waals surface area contributed by atoms with Crippen molar-refractivity contribution in [3.8, 4) is 0 Å². The van der Waals surface area contributed by atoms with Crippen molar-refractivity contribution in [2.75, 3.05) is 0 Å². The van der Waals surface area contributed by atoms with Crippen LogP contribution in [0.15, 0.2) is 48.5 Å². The third-order valence-corrected chi connectivity index (χ3v) is 4.50. The van der Waals surface area contributed by atoms with Crippen molar-refractivity contribution >= 4 is 5.91 Å². The molecule has 1 fully saturated rings. The largest absolute Gasteiger partial charge is 0.416 e. The van der Waals surface area contributed by atoms with Gasteiger partial charge in [-0.15, -0.1) is 0 Å². The number of nitrogens with one attached hydrogen (secondary N) is 1. The highest BCUT2D eigenvalue weighted by atomic mass is 19.4. The molecule has 2 nitrogen and oxygen atoms in total. The van der Waals surface area contributed by atoms with Gasteiger partial charge in [-0.2, -0.15) is 13.2 Å². The summed E-state index contributed by atoms with van der Waals surface area (Å²) in [4.78, 5) is 12.3. The van der Waals surface area contributed by atoms with E-state index in [1.165, 1.54) is 12.1 Å². The number of hydrogen-bond donors (Lipinski definition) is 1. The predicted octanol–water partition coefficient (Wildman–Crippen LogP) is 4.83. The first kappa shape index (κ1) is 17.5. The fourth-order valence-electron chi connectivity index (χ4n) is 2.99. The lowest BCUT2D eigenvalue weighted by molar-refractivity contribution is -0.137. The molecule has 3 atom stereocenters. The van der Waals surface area contributed by atoms with E-state index in [0.29, 0.717) is 17.5 Å². The minimum absolute atomic E-state index is 0.171. The van der Waals surface area contributed by atoms with Crippen LogP contribution < -0.4 is 5.32 Å². The van der Waals surface area contributed by atoms with Crippen molar-refractivity contribution in [2.24, 2.45) is 5.92 Å². The van der Waals surface area contributed by atoms with Gasteiger partial charge in [0.05, 0.1) is 11.6 Å². The van der Waals surface area contributed by atoms with Crippen molar-refractivity contribution < 1.29 is 22.4 Å². The van der Waals surface area contributed by atoms with Crippen LogP contribution in [0.5, 0.6) is 0 Å². The van der Waals surface area contributed by atoms with E-state index >= 15 is 0 Å². The fourth-order valence-corrected chi connectivity index (χ4v) is 2.99. The number of carbonyl (C=O) groups is 1. The molecule has 0 spiro atoms. The molecule has 2 aromatic rings. The number of benzene rings is 2. The molecule has 1 amide bonds. The van der Waals surface area contributed by atoms with Gasteiger partial charge in [-0.1, -0.05) is 30.3 Å². The Morgan fingerprint density at radius 3 is 2.56 bits per heavy atom. The van der Waals surface area contributed by atoms with E-state index in [4.69, 9.17) is 0 Å². The van der Waals surface area contributed by atoms with Crippen LogP contribution in [0, 0.1) is 11.7 Å². The highest BCUT2D eigenvalue weighted by Crippen LogP contribution is 2.48. The van der Waals surface area contributed by atoms with E-state index in [2.05, 4.69) is 5.32 Å². The molecule has 1 N–H and O–H groups in total. The van der Waals surface area contributed by atoms with E-state index in [0.717, 1.165) is 12.1 Å². The molecule has 6 heteroatoms. The zero-order chi connectivity index (χ0) is 18.2. The Balaban J connectivity index is 1.65. The highest BCUT2D eigenvalue weighted by Gasteiger charge is 2.45. The van der Waals surface area contributed by atoms with Crippen LogP contribution in [-0.2, 0) is 11.0 Å². The van der Waals surface area contributed by atoms with Gasteiger partial charge in [0, 0.05) is 5.92 Å². The minimum Gasteiger partial charge on any atom is -0.349 e. The Labute approximate surface area is 142 Å². The summed E-state index contributed by atoms with van der Waals surface area (Å²) in [7, 11) is 0. The maximum absolute atomic E-state index is 13.8. The summed E-state index contributed by atoms with van der Waals surface area (Å²) in [6.45, 7) is 1.63. The van der Waals surface area contributed by atoms with Gasteiger partial charge in [-0.3, -0.25) is 4.79 Å². The minimum atomic E-state index is -4.42. The van der Waals surface area contributed by atoms with Crippen molar-refractivity contribution in [3.63, 3.8) is 0 Å². The quantitative estimate of drug-likeness (QED) is 0.786. The zero-order valence-corrected chi connectivity index (χ0v) is 13.5. The van der Waals surface area contributed by atoms with Crippen molar-refractivity contribution in [1.29, 1.82) is 0 Å². The molecule has 3 unspecified atom stereocenters. The molecule has 132 valence electrons. The number of rotatable bonds is 4. The monoisotopic (exact) mass is 351 g/mol. The van der Waals surface area contributed by atoms with E-state index in [9.17, 15) is 22.4 Å². The van der Waals surface area contributed by atoms with Gasteiger partial charge in [-0.25, -0.2) is 4.39 Å². The lowest BCUT2D eigenvalue weighted by atomic mass is 10.0. The molecule has 25 heavy (non-hydrogen) atoms. The van der Waals surface area contributed by atoms with E-state index < -0.39 is 17.8 Å². The van der Waals surface area contributed by atoms with Crippen molar-refractivity contribution in [1.82, 2.24) is 5.32 Å². The molecule has 1 aliphatic carbocycles. The summed E-state index contributed by atoms with van der Waals surface area (Å²) < 4.78 is 52.1. The summed E-state index contributed by atoms with van der Waals surface area (Å²) in [6.07, 6.45) is -3.88.